The number of aliphatic imine (C=N–C) groups is 1. The molecule has 2 heteroatoms. The standard InChI is InChI=1S/C17H18N2/c1-3-7-15(8-4-2)18-12-11-16-13-14-9-5-6-10-17(14)19-16/h3-12,19H,1,13H2,2H3/b8-4-,15-7+,16-11?,18-12?. The van der Waals surface area contributed by atoms with Gasteiger partial charge >= 0.3 is 0 Å². The van der Waals surface area contributed by atoms with E-state index in [9.17, 15) is 0 Å². The Bertz CT molecular complexity index is 548. The molecule has 1 aromatic rings. The van der Waals surface area contributed by atoms with E-state index in [-0.39, 0.29) is 0 Å². The predicted molar refractivity (Wildman–Crippen MR) is 83.4 cm³/mol. The lowest BCUT2D eigenvalue weighted by atomic mass is 10.1. The molecule has 1 aromatic carbocycles. The molecule has 2 rings (SSSR count). The first-order valence-electron chi connectivity index (χ1n) is 6.37. The molecule has 0 radical (unpaired) electrons. The minimum absolute atomic E-state index is 0.893. The van der Waals surface area contributed by atoms with E-state index >= 15 is 0 Å². The molecule has 1 N–H and O–H groups in total. The van der Waals surface area contributed by atoms with Gasteiger partial charge in [0.05, 0.1) is 5.70 Å². The van der Waals surface area contributed by atoms with Gasteiger partial charge < -0.3 is 5.32 Å². The average Bonchev–Trinajstić information content (AvgIpc) is 2.82. The molecule has 0 aliphatic carbocycles. The van der Waals surface area contributed by atoms with Gasteiger partial charge in [-0.05, 0) is 36.8 Å². The number of fused-ring (bicyclic) bond motifs is 1. The number of hydrogen-bond acceptors (Lipinski definition) is 2. The molecule has 0 saturated carbocycles. The lowest BCUT2D eigenvalue weighted by molar-refractivity contribution is 1.25. The number of nitrogens with zero attached hydrogens (tertiary/aromatic N) is 1. The van der Waals surface area contributed by atoms with Crippen molar-refractivity contribution in [2.45, 2.75) is 13.3 Å². The highest BCUT2D eigenvalue weighted by molar-refractivity contribution is 5.77. The molecule has 0 spiro atoms. The Labute approximate surface area is 114 Å². The zero-order valence-corrected chi connectivity index (χ0v) is 11.1. The fourth-order valence-corrected chi connectivity index (χ4v) is 1.97. The second-order valence-electron chi connectivity index (χ2n) is 4.26. The number of para-hydroxylation sites is 1. The van der Waals surface area contributed by atoms with Crippen molar-refractivity contribution < 1.29 is 0 Å². The van der Waals surface area contributed by atoms with Crippen LogP contribution < -0.4 is 5.32 Å². The normalized spacial score (nSPS) is 17.1. The maximum Gasteiger partial charge on any atom is 0.0626 e. The van der Waals surface area contributed by atoms with Crippen molar-refractivity contribution in [3.05, 3.63) is 78.2 Å². The molecule has 2 nitrogen and oxygen atoms in total. The monoisotopic (exact) mass is 250 g/mol. The van der Waals surface area contributed by atoms with Crippen LogP contribution in [0, 0.1) is 0 Å². The summed E-state index contributed by atoms with van der Waals surface area (Å²) in [5.41, 5.74) is 4.59. The number of hydrogen-bond donors (Lipinski definition) is 1. The second-order valence-corrected chi connectivity index (χ2v) is 4.26. The summed E-state index contributed by atoms with van der Waals surface area (Å²) in [6.07, 6.45) is 12.3. The topological polar surface area (TPSA) is 24.4 Å². The Morgan fingerprint density at radius 3 is 2.95 bits per heavy atom. The summed E-state index contributed by atoms with van der Waals surface area (Å²) in [5, 5.41) is 3.38. The van der Waals surface area contributed by atoms with Gasteiger partial charge in [0.25, 0.3) is 0 Å². The molecular formula is C17H18N2. The van der Waals surface area contributed by atoms with Gasteiger partial charge in [-0.15, -0.1) is 0 Å². The third-order valence-corrected chi connectivity index (χ3v) is 2.82. The fraction of sp³-hybridized carbons (Fsp3) is 0.118. The van der Waals surface area contributed by atoms with Crippen LogP contribution in [-0.4, -0.2) is 6.21 Å². The zero-order chi connectivity index (χ0) is 13.5. The number of rotatable bonds is 4. The average molecular weight is 250 g/mol. The van der Waals surface area contributed by atoms with E-state index in [0.29, 0.717) is 0 Å². The third kappa shape index (κ3) is 3.55. The maximum atomic E-state index is 4.39. The predicted octanol–water partition coefficient (Wildman–Crippen LogP) is 4.26. The summed E-state index contributed by atoms with van der Waals surface area (Å²) in [6.45, 7) is 5.66. The van der Waals surface area contributed by atoms with Crippen molar-refractivity contribution in [1.82, 2.24) is 0 Å². The maximum absolute atomic E-state index is 4.39. The van der Waals surface area contributed by atoms with Gasteiger partial charge in [0, 0.05) is 24.0 Å². The Morgan fingerprint density at radius 1 is 1.37 bits per heavy atom. The first-order valence-corrected chi connectivity index (χ1v) is 6.37. The lowest BCUT2D eigenvalue weighted by Gasteiger charge is -1.97. The van der Waals surface area contributed by atoms with Crippen LogP contribution in [-0.2, 0) is 6.42 Å². The molecule has 0 saturated heterocycles. The highest BCUT2D eigenvalue weighted by Crippen LogP contribution is 2.26. The number of allylic oxidation sites excluding steroid dienone is 6. The van der Waals surface area contributed by atoms with Crippen LogP contribution in [0.5, 0.6) is 0 Å². The molecule has 96 valence electrons. The SMILES string of the molecule is C=C/C=C(\C=C/C)N=CC=C1Cc2ccccc2N1. The van der Waals surface area contributed by atoms with E-state index in [1.165, 1.54) is 16.9 Å². The summed E-state index contributed by atoms with van der Waals surface area (Å²) in [6, 6.07) is 8.34. The molecule has 0 bridgehead atoms. The van der Waals surface area contributed by atoms with Crippen molar-refractivity contribution >= 4 is 11.9 Å². The number of nitrogens with one attached hydrogen (secondary N) is 1. The Kier molecular flexibility index (Phi) is 4.51. The van der Waals surface area contributed by atoms with Crippen LogP contribution in [0.2, 0.25) is 0 Å². The molecule has 1 aliphatic rings. The fourth-order valence-electron chi connectivity index (χ4n) is 1.97. The van der Waals surface area contributed by atoms with Crippen molar-refractivity contribution in [2.24, 2.45) is 4.99 Å². The van der Waals surface area contributed by atoms with Crippen LogP contribution in [0.15, 0.2) is 77.6 Å². The van der Waals surface area contributed by atoms with Crippen molar-refractivity contribution in [3.8, 4) is 0 Å². The summed E-state index contributed by atoms with van der Waals surface area (Å²) >= 11 is 0. The van der Waals surface area contributed by atoms with Gasteiger partial charge in [0.15, 0.2) is 0 Å². The highest BCUT2D eigenvalue weighted by Gasteiger charge is 2.12. The van der Waals surface area contributed by atoms with Crippen LogP contribution in [0.3, 0.4) is 0 Å². The van der Waals surface area contributed by atoms with E-state index < -0.39 is 0 Å². The van der Waals surface area contributed by atoms with Gasteiger partial charge in [0.1, 0.15) is 0 Å². The summed E-state index contributed by atoms with van der Waals surface area (Å²) in [5.74, 6) is 0. The molecule has 1 aliphatic heterocycles. The summed E-state index contributed by atoms with van der Waals surface area (Å²) in [4.78, 5) is 4.39. The van der Waals surface area contributed by atoms with E-state index in [0.717, 1.165) is 12.1 Å². The first kappa shape index (κ1) is 13.1. The Hall–Kier alpha value is -2.35. The Balaban J connectivity index is 2.05. The van der Waals surface area contributed by atoms with Crippen LogP contribution in [0.1, 0.15) is 12.5 Å². The molecular weight excluding hydrogens is 232 g/mol. The molecule has 0 amide bonds. The first-order chi connectivity index (χ1) is 9.33. The van der Waals surface area contributed by atoms with Gasteiger partial charge in [-0.1, -0.05) is 36.9 Å². The van der Waals surface area contributed by atoms with E-state index in [2.05, 4.69) is 35.1 Å². The summed E-state index contributed by atoms with van der Waals surface area (Å²) < 4.78 is 0. The van der Waals surface area contributed by atoms with Crippen LogP contribution in [0.4, 0.5) is 5.69 Å². The van der Waals surface area contributed by atoms with Gasteiger partial charge in [0.2, 0.25) is 0 Å². The second kappa shape index (κ2) is 6.55. The van der Waals surface area contributed by atoms with Gasteiger partial charge in [-0.2, -0.15) is 0 Å². The lowest BCUT2D eigenvalue weighted by Crippen LogP contribution is -1.91. The van der Waals surface area contributed by atoms with Crippen LogP contribution in [0.25, 0.3) is 0 Å². The van der Waals surface area contributed by atoms with Gasteiger partial charge in [-0.3, -0.25) is 4.99 Å². The molecule has 1 heterocycles. The Morgan fingerprint density at radius 2 is 2.21 bits per heavy atom. The minimum atomic E-state index is 0.893. The van der Waals surface area contributed by atoms with E-state index in [4.69, 9.17) is 0 Å². The zero-order valence-electron chi connectivity index (χ0n) is 11.1. The number of benzene rings is 1. The van der Waals surface area contributed by atoms with Gasteiger partial charge in [-0.25, -0.2) is 0 Å². The molecule has 0 unspecified atom stereocenters. The van der Waals surface area contributed by atoms with Crippen molar-refractivity contribution in [3.63, 3.8) is 0 Å². The van der Waals surface area contributed by atoms with Crippen molar-refractivity contribution in [2.75, 3.05) is 5.32 Å². The molecule has 0 aromatic heterocycles. The largest absolute Gasteiger partial charge is 0.358 e. The highest BCUT2D eigenvalue weighted by atomic mass is 14.9. The molecule has 0 atom stereocenters. The number of anilines is 1. The third-order valence-electron chi connectivity index (χ3n) is 2.82. The summed E-state index contributed by atoms with van der Waals surface area (Å²) in [7, 11) is 0. The smallest absolute Gasteiger partial charge is 0.0626 e. The quantitative estimate of drug-likeness (QED) is 0.627. The van der Waals surface area contributed by atoms with Crippen molar-refractivity contribution in [1.29, 1.82) is 0 Å². The molecule has 19 heavy (non-hydrogen) atoms. The van der Waals surface area contributed by atoms with E-state index in [1.54, 1.807) is 6.08 Å². The molecule has 0 fully saturated rings. The van der Waals surface area contributed by atoms with E-state index in [1.807, 2.05) is 43.5 Å². The minimum Gasteiger partial charge on any atom is -0.358 e. The van der Waals surface area contributed by atoms with Crippen LogP contribution >= 0.6 is 0 Å².